The number of hydrazone groups is 1. The lowest BCUT2D eigenvalue weighted by Gasteiger charge is -2.16. The molecule has 1 aliphatic heterocycles. The second-order valence-electron chi connectivity index (χ2n) is 5.95. The summed E-state index contributed by atoms with van der Waals surface area (Å²) in [5.41, 5.74) is -1.22. The minimum atomic E-state index is -4.99. The molecule has 1 aliphatic rings. The first-order chi connectivity index (χ1) is 13.3. The third kappa shape index (κ3) is 3.64. The van der Waals surface area contributed by atoms with E-state index >= 15 is 0 Å². The lowest BCUT2D eigenvalue weighted by atomic mass is 10.1. The Labute approximate surface area is 158 Å². The van der Waals surface area contributed by atoms with E-state index in [0.717, 1.165) is 17.1 Å². The van der Waals surface area contributed by atoms with Gasteiger partial charge >= 0.3 is 6.18 Å². The van der Waals surface area contributed by atoms with Crippen LogP contribution in [0.3, 0.4) is 0 Å². The molecule has 0 saturated carbocycles. The van der Waals surface area contributed by atoms with Crippen molar-refractivity contribution in [1.82, 2.24) is 5.01 Å². The Hall–Kier alpha value is -3.10. The van der Waals surface area contributed by atoms with Gasteiger partial charge in [0.05, 0.1) is 32.0 Å². The summed E-state index contributed by atoms with van der Waals surface area (Å²) in [6, 6.07) is 7.70. The molecule has 0 unspecified atom stereocenters. The van der Waals surface area contributed by atoms with Crippen molar-refractivity contribution < 1.29 is 31.8 Å². The summed E-state index contributed by atoms with van der Waals surface area (Å²) in [4.78, 5) is 12.6. The second-order valence-corrected chi connectivity index (χ2v) is 5.95. The van der Waals surface area contributed by atoms with E-state index in [9.17, 15) is 22.4 Å². The number of amides is 1. The highest BCUT2D eigenvalue weighted by Crippen LogP contribution is 2.35. The predicted octanol–water partition coefficient (Wildman–Crippen LogP) is 4.11. The Kier molecular flexibility index (Phi) is 5.26. The lowest BCUT2D eigenvalue weighted by Crippen LogP contribution is -2.27. The number of nitrogens with zero attached hydrogens (tertiary/aromatic N) is 2. The SMILES string of the molecule is COc1ccc(C2=NN(C(=O)c3cccc(F)c3C(F)(F)F)CC2)cc1OC. The minimum Gasteiger partial charge on any atom is -0.493 e. The van der Waals surface area contributed by atoms with Gasteiger partial charge in [-0.15, -0.1) is 0 Å². The summed E-state index contributed by atoms with van der Waals surface area (Å²) >= 11 is 0. The van der Waals surface area contributed by atoms with Gasteiger partial charge in [0.15, 0.2) is 11.5 Å². The zero-order valence-electron chi connectivity index (χ0n) is 15.0. The van der Waals surface area contributed by atoms with Crippen LogP contribution in [0.25, 0.3) is 0 Å². The molecule has 0 atom stereocenters. The zero-order valence-corrected chi connectivity index (χ0v) is 15.0. The molecule has 1 heterocycles. The third-order valence-corrected chi connectivity index (χ3v) is 4.28. The molecule has 1 amide bonds. The monoisotopic (exact) mass is 396 g/mol. The Morgan fingerprint density at radius 2 is 1.82 bits per heavy atom. The Morgan fingerprint density at radius 3 is 2.46 bits per heavy atom. The van der Waals surface area contributed by atoms with Gasteiger partial charge in [-0.2, -0.15) is 18.3 Å². The van der Waals surface area contributed by atoms with Crippen molar-refractivity contribution in [3.05, 3.63) is 58.9 Å². The van der Waals surface area contributed by atoms with Crippen LogP contribution in [-0.2, 0) is 6.18 Å². The number of methoxy groups -OCH3 is 2. The Bertz CT molecular complexity index is 941. The summed E-state index contributed by atoms with van der Waals surface area (Å²) in [5, 5.41) is 5.05. The highest BCUT2D eigenvalue weighted by atomic mass is 19.4. The quantitative estimate of drug-likeness (QED) is 0.731. The van der Waals surface area contributed by atoms with Crippen molar-refractivity contribution in [3.63, 3.8) is 0 Å². The van der Waals surface area contributed by atoms with Crippen molar-refractivity contribution in [2.45, 2.75) is 12.6 Å². The maximum absolute atomic E-state index is 13.7. The molecule has 9 heteroatoms. The fraction of sp³-hybridized carbons (Fsp3) is 0.263. The number of hydrogen-bond acceptors (Lipinski definition) is 4. The van der Waals surface area contributed by atoms with Gasteiger partial charge in [0.1, 0.15) is 11.4 Å². The van der Waals surface area contributed by atoms with Gasteiger partial charge in [-0.05, 0) is 30.3 Å². The molecule has 0 fully saturated rings. The molecule has 0 aliphatic carbocycles. The molecule has 0 N–H and O–H groups in total. The minimum absolute atomic E-state index is 0.0797. The standard InChI is InChI=1S/C19H16F4N2O3/c1-27-15-7-6-11(10-16(15)28-2)14-8-9-25(24-14)18(26)12-4-3-5-13(20)17(12)19(21,22)23/h3-7,10H,8-9H2,1-2H3. The molecule has 28 heavy (non-hydrogen) atoms. The van der Waals surface area contributed by atoms with Crippen molar-refractivity contribution in [2.75, 3.05) is 20.8 Å². The van der Waals surface area contributed by atoms with Crippen molar-refractivity contribution in [1.29, 1.82) is 0 Å². The molecule has 0 aromatic heterocycles. The summed E-state index contributed by atoms with van der Waals surface area (Å²) in [6.07, 6.45) is -4.66. The fourth-order valence-electron chi connectivity index (χ4n) is 2.95. The first-order valence-corrected chi connectivity index (χ1v) is 8.23. The third-order valence-electron chi connectivity index (χ3n) is 4.28. The number of hydrogen-bond donors (Lipinski definition) is 0. The van der Waals surface area contributed by atoms with E-state index in [-0.39, 0.29) is 6.54 Å². The molecule has 0 radical (unpaired) electrons. The second kappa shape index (κ2) is 7.49. The first-order valence-electron chi connectivity index (χ1n) is 8.23. The summed E-state index contributed by atoms with van der Waals surface area (Å²) < 4.78 is 63.7. The summed E-state index contributed by atoms with van der Waals surface area (Å²) in [7, 11) is 2.96. The van der Waals surface area contributed by atoms with Gasteiger partial charge in [0.2, 0.25) is 0 Å². The molecule has 148 valence electrons. The lowest BCUT2D eigenvalue weighted by molar-refractivity contribution is -0.140. The maximum atomic E-state index is 13.7. The number of halogens is 4. The topological polar surface area (TPSA) is 51.1 Å². The summed E-state index contributed by atoms with van der Waals surface area (Å²) in [6.45, 7) is 0.0797. The number of ether oxygens (including phenoxy) is 2. The Morgan fingerprint density at radius 1 is 1.11 bits per heavy atom. The van der Waals surface area contributed by atoms with Crippen LogP contribution in [0.1, 0.15) is 27.9 Å². The van der Waals surface area contributed by atoms with E-state index in [1.54, 1.807) is 18.2 Å². The van der Waals surface area contributed by atoms with Crippen molar-refractivity contribution in [3.8, 4) is 11.5 Å². The van der Waals surface area contributed by atoms with Gasteiger partial charge in [-0.1, -0.05) is 6.07 Å². The van der Waals surface area contributed by atoms with Crippen LogP contribution in [0.5, 0.6) is 11.5 Å². The van der Waals surface area contributed by atoms with Crippen LogP contribution in [0, 0.1) is 5.82 Å². The number of rotatable bonds is 4. The fourth-order valence-corrected chi connectivity index (χ4v) is 2.95. The molecule has 0 spiro atoms. The smallest absolute Gasteiger partial charge is 0.420 e. The molecule has 2 aromatic carbocycles. The largest absolute Gasteiger partial charge is 0.493 e. The number of carbonyl (C=O) groups is 1. The zero-order chi connectivity index (χ0) is 20.5. The molecule has 0 saturated heterocycles. The van der Waals surface area contributed by atoms with E-state index in [2.05, 4.69) is 5.10 Å². The van der Waals surface area contributed by atoms with Gasteiger partial charge in [-0.3, -0.25) is 4.79 Å². The van der Waals surface area contributed by atoms with Crippen LogP contribution in [0.2, 0.25) is 0 Å². The van der Waals surface area contributed by atoms with E-state index in [0.29, 0.717) is 35.3 Å². The number of benzene rings is 2. The van der Waals surface area contributed by atoms with Gasteiger partial charge in [0.25, 0.3) is 5.91 Å². The highest BCUT2D eigenvalue weighted by Gasteiger charge is 2.40. The number of carbonyl (C=O) groups excluding carboxylic acids is 1. The molecular formula is C19H16F4N2O3. The van der Waals surface area contributed by atoms with E-state index < -0.39 is 29.0 Å². The molecule has 5 nitrogen and oxygen atoms in total. The van der Waals surface area contributed by atoms with Crippen LogP contribution in [0.4, 0.5) is 17.6 Å². The van der Waals surface area contributed by atoms with Crippen molar-refractivity contribution >= 4 is 11.6 Å². The predicted molar refractivity (Wildman–Crippen MR) is 93.1 cm³/mol. The van der Waals surface area contributed by atoms with Crippen LogP contribution >= 0.6 is 0 Å². The Balaban J connectivity index is 1.93. The highest BCUT2D eigenvalue weighted by molar-refractivity contribution is 6.05. The van der Waals surface area contributed by atoms with Gasteiger partial charge < -0.3 is 9.47 Å². The van der Waals surface area contributed by atoms with Crippen LogP contribution in [-0.4, -0.2) is 37.4 Å². The van der Waals surface area contributed by atoms with E-state index in [1.165, 1.54) is 14.2 Å². The maximum Gasteiger partial charge on any atom is 0.420 e. The average Bonchev–Trinajstić information content (AvgIpc) is 3.15. The van der Waals surface area contributed by atoms with Gasteiger partial charge in [-0.25, -0.2) is 9.40 Å². The van der Waals surface area contributed by atoms with E-state index in [1.807, 2.05) is 0 Å². The molecular weight excluding hydrogens is 380 g/mol. The van der Waals surface area contributed by atoms with Crippen LogP contribution in [0.15, 0.2) is 41.5 Å². The van der Waals surface area contributed by atoms with E-state index in [4.69, 9.17) is 9.47 Å². The number of alkyl halides is 3. The molecule has 3 rings (SSSR count). The average molecular weight is 396 g/mol. The van der Waals surface area contributed by atoms with Crippen LogP contribution < -0.4 is 9.47 Å². The normalized spacial score (nSPS) is 14.1. The van der Waals surface area contributed by atoms with Gasteiger partial charge in [0, 0.05) is 12.0 Å². The molecule has 0 bridgehead atoms. The van der Waals surface area contributed by atoms with Crippen molar-refractivity contribution in [2.24, 2.45) is 5.10 Å². The summed E-state index contributed by atoms with van der Waals surface area (Å²) in [5.74, 6) is -1.55. The molecule has 2 aromatic rings. The first kappa shape index (κ1) is 19.7.